The minimum Gasteiger partial charge on any atom is -0.382 e. The lowest BCUT2D eigenvalue weighted by Gasteiger charge is -2.34. The Morgan fingerprint density at radius 1 is 1.17 bits per heavy atom. The maximum atomic E-state index is 12.4. The molecule has 3 heterocycles. The second kappa shape index (κ2) is 8.99. The van der Waals surface area contributed by atoms with Crippen molar-refractivity contribution >= 4 is 28.4 Å². The van der Waals surface area contributed by atoms with Crippen LogP contribution in [0.15, 0.2) is 48.7 Å². The number of amides is 1. The van der Waals surface area contributed by atoms with Gasteiger partial charge in [0.1, 0.15) is 5.69 Å². The number of hydrogen-bond acceptors (Lipinski definition) is 7. The van der Waals surface area contributed by atoms with Crippen LogP contribution in [0.1, 0.15) is 17.3 Å². The van der Waals surface area contributed by atoms with Gasteiger partial charge in [-0.3, -0.25) is 4.79 Å². The van der Waals surface area contributed by atoms with Gasteiger partial charge in [-0.25, -0.2) is 15.0 Å². The monoisotopic (exact) mass is 470 g/mol. The van der Waals surface area contributed by atoms with Crippen LogP contribution in [0.2, 0.25) is 0 Å². The molecule has 1 atom stereocenters. The lowest BCUT2D eigenvalue weighted by atomic mass is 10.1. The highest BCUT2D eigenvalue weighted by Gasteiger charge is 2.23. The van der Waals surface area contributed by atoms with Gasteiger partial charge in [0, 0.05) is 57.9 Å². The molecule has 9 heteroatoms. The highest BCUT2D eigenvalue weighted by molar-refractivity contribution is 5.95. The molecule has 0 radical (unpaired) electrons. The van der Waals surface area contributed by atoms with E-state index in [2.05, 4.69) is 28.2 Å². The lowest BCUT2D eigenvalue weighted by Crippen LogP contribution is -2.49. The third-order valence-electron chi connectivity index (χ3n) is 6.41. The molecule has 1 fully saturated rings. The molecule has 1 aliphatic heterocycles. The summed E-state index contributed by atoms with van der Waals surface area (Å²) in [5.74, 6) is 0.897. The van der Waals surface area contributed by atoms with E-state index in [-0.39, 0.29) is 5.91 Å². The van der Waals surface area contributed by atoms with Crippen LogP contribution < -0.4 is 16.0 Å². The van der Waals surface area contributed by atoms with E-state index in [4.69, 9.17) is 15.7 Å². The van der Waals surface area contributed by atoms with Crippen molar-refractivity contribution in [3.63, 3.8) is 0 Å². The van der Waals surface area contributed by atoms with E-state index in [1.807, 2.05) is 41.9 Å². The molecule has 1 aliphatic rings. The number of nitrogens with two attached hydrogens (primary N) is 1. The molecule has 9 nitrogen and oxygen atoms in total. The SMILES string of the molecule is C[C@H]1CN(c2cccc3nc(-c4nc(-c5cccc(C(=O)N(C)C)c5)cnc4N)n(C)c23)CCN1. The Morgan fingerprint density at radius 2 is 1.97 bits per heavy atom. The summed E-state index contributed by atoms with van der Waals surface area (Å²) in [4.78, 5) is 30.6. The molecule has 0 unspecified atom stereocenters. The first-order chi connectivity index (χ1) is 16.8. The molecule has 1 amide bonds. The number of nitrogens with zero attached hydrogens (tertiary/aromatic N) is 6. The summed E-state index contributed by atoms with van der Waals surface area (Å²) >= 11 is 0. The normalized spacial score (nSPS) is 16.0. The molecule has 4 aromatic rings. The number of nitrogens with one attached hydrogen (secondary N) is 1. The fraction of sp³-hybridized carbons (Fsp3) is 0.308. The number of rotatable bonds is 4. The molecular weight excluding hydrogens is 440 g/mol. The Hall–Kier alpha value is -3.98. The summed E-state index contributed by atoms with van der Waals surface area (Å²) in [5.41, 5.74) is 11.9. The first-order valence-corrected chi connectivity index (χ1v) is 11.7. The maximum Gasteiger partial charge on any atom is 0.253 e. The largest absolute Gasteiger partial charge is 0.382 e. The topological polar surface area (TPSA) is 105 Å². The number of fused-ring (bicyclic) bond motifs is 1. The van der Waals surface area contributed by atoms with E-state index >= 15 is 0 Å². The number of hydrogen-bond donors (Lipinski definition) is 2. The van der Waals surface area contributed by atoms with Crippen molar-refractivity contribution in [1.29, 1.82) is 0 Å². The number of para-hydroxylation sites is 1. The Bertz CT molecular complexity index is 1410. The van der Waals surface area contributed by atoms with Gasteiger partial charge in [-0.1, -0.05) is 18.2 Å². The van der Waals surface area contributed by atoms with Gasteiger partial charge in [-0.15, -0.1) is 0 Å². The number of carbonyl (C=O) groups excluding carboxylic acids is 1. The molecule has 3 N–H and O–H groups in total. The number of anilines is 2. The van der Waals surface area contributed by atoms with Crippen LogP contribution in [0.25, 0.3) is 33.8 Å². The summed E-state index contributed by atoms with van der Waals surface area (Å²) in [6.07, 6.45) is 1.63. The van der Waals surface area contributed by atoms with E-state index in [1.165, 1.54) is 0 Å². The molecule has 1 saturated heterocycles. The minimum atomic E-state index is -0.0689. The summed E-state index contributed by atoms with van der Waals surface area (Å²) < 4.78 is 2.05. The van der Waals surface area contributed by atoms with Crippen molar-refractivity contribution in [2.24, 2.45) is 7.05 Å². The van der Waals surface area contributed by atoms with E-state index in [9.17, 15) is 4.79 Å². The van der Waals surface area contributed by atoms with E-state index in [0.717, 1.165) is 41.9 Å². The van der Waals surface area contributed by atoms with Crippen LogP contribution in [-0.2, 0) is 7.05 Å². The molecule has 0 aliphatic carbocycles. The molecule has 2 aromatic carbocycles. The van der Waals surface area contributed by atoms with E-state index in [0.29, 0.717) is 34.6 Å². The average molecular weight is 471 g/mol. The number of benzene rings is 2. The molecule has 35 heavy (non-hydrogen) atoms. The first-order valence-electron chi connectivity index (χ1n) is 11.7. The van der Waals surface area contributed by atoms with E-state index in [1.54, 1.807) is 31.3 Å². The molecule has 2 aromatic heterocycles. The van der Waals surface area contributed by atoms with Crippen LogP contribution in [-0.4, -0.2) is 70.1 Å². The van der Waals surface area contributed by atoms with Gasteiger partial charge >= 0.3 is 0 Å². The molecule has 0 spiro atoms. The number of aromatic nitrogens is 4. The first kappa shape index (κ1) is 22.8. The van der Waals surface area contributed by atoms with Gasteiger partial charge in [-0.05, 0) is 31.2 Å². The third kappa shape index (κ3) is 4.19. The Kier molecular flexibility index (Phi) is 5.86. The zero-order chi connectivity index (χ0) is 24.7. The predicted octanol–water partition coefficient (Wildman–Crippen LogP) is 2.78. The minimum absolute atomic E-state index is 0.0689. The van der Waals surface area contributed by atoms with Crippen LogP contribution in [0.4, 0.5) is 11.5 Å². The van der Waals surface area contributed by atoms with Gasteiger partial charge in [0.25, 0.3) is 5.91 Å². The third-order valence-corrected chi connectivity index (χ3v) is 6.41. The lowest BCUT2D eigenvalue weighted by molar-refractivity contribution is 0.0827. The van der Waals surface area contributed by atoms with Crippen molar-refractivity contribution in [2.45, 2.75) is 13.0 Å². The van der Waals surface area contributed by atoms with Gasteiger partial charge in [-0.2, -0.15) is 0 Å². The van der Waals surface area contributed by atoms with Crippen molar-refractivity contribution in [3.05, 3.63) is 54.2 Å². The van der Waals surface area contributed by atoms with Crippen LogP contribution in [0.5, 0.6) is 0 Å². The molecule has 5 rings (SSSR count). The standard InChI is InChI=1S/C26H30N8O/c1-16-15-34(12-11-28-16)21-10-6-9-19-23(21)33(4)25(31-19)22-24(27)29-14-20(30-22)17-7-5-8-18(13-17)26(35)32(2)3/h5-10,13-14,16,28H,11-12,15H2,1-4H3,(H2,27,29)/t16-/m0/s1. The van der Waals surface area contributed by atoms with Crippen molar-refractivity contribution < 1.29 is 4.79 Å². The number of nitrogen functional groups attached to an aromatic ring is 1. The zero-order valence-electron chi connectivity index (χ0n) is 20.5. The van der Waals surface area contributed by atoms with E-state index < -0.39 is 0 Å². The highest BCUT2D eigenvalue weighted by atomic mass is 16.2. The van der Waals surface area contributed by atoms with Gasteiger partial charge < -0.3 is 25.4 Å². The predicted molar refractivity (Wildman–Crippen MR) is 139 cm³/mol. The fourth-order valence-electron chi connectivity index (χ4n) is 4.64. The van der Waals surface area contributed by atoms with Crippen LogP contribution in [0.3, 0.4) is 0 Å². The zero-order valence-corrected chi connectivity index (χ0v) is 20.5. The number of piperazine rings is 1. The van der Waals surface area contributed by atoms with Crippen LogP contribution >= 0.6 is 0 Å². The Morgan fingerprint density at radius 3 is 2.74 bits per heavy atom. The van der Waals surface area contributed by atoms with Gasteiger partial charge in [0.2, 0.25) is 0 Å². The molecule has 0 saturated carbocycles. The number of carbonyl (C=O) groups is 1. The summed E-state index contributed by atoms with van der Waals surface area (Å²) in [5, 5.41) is 3.50. The van der Waals surface area contributed by atoms with Gasteiger partial charge in [0.05, 0.1) is 28.6 Å². The smallest absolute Gasteiger partial charge is 0.253 e. The molecule has 0 bridgehead atoms. The Balaban J connectivity index is 1.59. The summed E-state index contributed by atoms with van der Waals surface area (Å²) in [6.45, 7) is 5.00. The van der Waals surface area contributed by atoms with Crippen molar-refractivity contribution in [2.75, 3.05) is 44.4 Å². The average Bonchev–Trinajstić information content (AvgIpc) is 3.20. The number of imidazole rings is 1. The number of aryl methyl sites for hydroxylation is 1. The van der Waals surface area contributed by atoms with Gasteiger partial charge in [0.15, 0.2) is 11.6 Å². The molecule has 180 valence electrons. The highest BCUT2D eigenvalue weighted by Crippen LogP contribution is 2.33. The molecular formula is C26H30N8O. The van der Waals surface area contributed by atoms with Crippen molar-refractivity contribution in [3.8, 4) is 22.8 Å². The quantitative estimate of drug-likeness (QED) is 0.472. The Labute approximate surface area is 204 Å². The van der Waals surface area contributed by atoms with Crippen LogP contribution in [0, 0.1) is 0 Å². The summed E-state index contributed by atoms with van der Waals surface area (Å²) in [6, 6.07) is 14.0. The second-order valence-corrected chi connectivity index (χ2v) is 9.21. The second-order valence-electron chi connectivity index (χ2n) is 9.21. The maximum absolute atomic E-state index is 12.4. The summed E-state index contributed by atoms with van der Waals surface area (Å²) in [7, 11) is 5.46. The van der Waals surface area contributed by atoms with Crippen molar-refractivity contribution in [1.82, 2.24) is 29.7 Å². The fourth-order valence-corrected chi connectivity index (χ4v) is 4.64.